The van der Waals surface area contributed by atoms with Crippen molar-refractivity contribution in [2.24, 2.45) is 0 Å². The molecule has 0 spiro atoms. The summed E-state index contributed by atoms with van der Waals surface area (Å²) in [5.41, 5.74) is -0.644. The first-order valence-electron chi connectivity index (χ1n) is 5.40. The Balaban J connectivity index is 3.01. The van der Waals surface area contributed by atoms with E-state index in [1.54, 1.807) is 6.92 Å². The third kappa shape index (κ3) is 4.36. The zero-order chi connectivity index (χ0) is 14.6. The summed E-state index contributed by atoms with van der Waals surface area (Å²) in [6, 6.07) is 0. The Labute approximate surface area is 109 Å². The number of aryl methyl sites for hydroxylation is 1. The van der Waals surface area contributed by atoms with Gasteiger partial charge in [0, 0.05) is 12.5 Å². The highest BCUT2D eigenvalue weighted by atomic mass is 32.2. The molecule has 0 aliphatic carbocycles. The maximum Gasteiger partial charge on any atom is 0.359 e. The standard InChI is InChI=1S/C10H14N2O6S/c1-3-18-10(15)8-7(9(13)14)6-12(11-8)4-5-19(2,16)17/h6H,3-5H2,1-2H3,(H,13,14). The number of hydrogen-bond acceptors (Lipinski definition) is 6. The van der Waals surface area contributed by atoms with Crippen molar-refractivity contribution in [3.05, 3.63) is 17.5 Å². The molecule has 8 nitrogen and oxygen atoms in total. The molecule has 0 atom stereocenters. The van der Waals surface area contributed by atoms with Crippen LogP contribution in [0.4, 0.5) is 0 Å². The first-order valence-corrected chi connectivity index (χ1v) is 7.46. The maximum atomic E-state index is 11.5. The fraction of sp³-hybridized carbons (Fsp3) is 0.500. The van der Waals surface area contributed by atoms with Gasteiger partial charge in [-0.15, -0.1) is 0 Å². The van der Waals surface area contributed by atoms with Gasteiger partial charge in [-0.2, -0.15) is 5.10 Å². The predicted molar refractivity (Wildman–Crippen MR) is 64.9 cm³/mol. The number of carboxylic acid groups (broad SMARTS) is 1. The number of sulfone groups is 1. The normalized spacial score (nSPS) is 11.3. The van der Waals surface area contributed by atoms with Gasteiger partial charge in [0.1, 0.15) is 15.4 Å². The lowest BCUT2D eigenvalue weighted by molar-refractivity contribution is 0.0507. The molecule has 0 aliphatic heterocycles. The molecule has 0 amide bonds. The zero-order valence-corrected chi connectivity index (χ0v) is 11.3. The van der Waals surface area contributed by atoms with E-state index in [0.29, 0.717) is 0 Å². The minimum absolute atomic E-state index is 0.0292. The van der Waals surface area contributed by atoms with Crippen molar-refractivity contribution in [2.75, 3.05) is 18.6 Å². The van der Waals surface area contributed by atoms with Gasteiger partial charge in [-0.3, -0.25) is 4.68 Å². The fourth-order valence-corrected chi connectivity index (χ4v) is 1.82. The van der Waals surface area contributed by atoms with Gasteiger partial charge in [0.15, 0.2) is 5.69 Å². The van der Waals surface area contributed by atoms with E-state index < -0.39 is 21.8 Å². The van der Waals surface area contributed by atoms with Crippen LogP contribution in [0.15, 0.2) is 6.20 Å². The minimum atomic E-state index is -3.20. The molecular weight excluding hydrogens is 276 g/mol. The van der Waals surface area contributed by atoms with Crippen molar-refractivity contribution < 1.29 is 27.9 Å². The number of carbonyl (C=O) groups excluding carboxylic acids is 1. The molecule has 0 saturated carbocycles. The van der Waals surface area contributed by atoms with Crippen molar-refractivity contribution in [3.63, 3.8) is 0 Å². The van der Waals surface area contributed by atoms with Gasteiger partial charge in [-0.05, 0) is 6.92 Å². The number of ether oxygens (including phenoxy) is 1. The van der Waals surface area contributed by atoms with Crippen molar-refractivity contribution >= 4 is 21.8 Å². The molecule has 1 N–H and O–H groups in total. The molecule has 0 unspecified atom stereocenters. The second kappa shape index (κ2) is 5.83. The second-order valence-electron chi connectivity index (χ2n) is 3.81. The molecule has 106 valence electrons. The fourth-order valence-electron chi connectivity index (χ4n) is 1.30. The lowest BCUT2D eigenvalue weighted by Crippen LogP contribution is -2.13. The molecule has 1 heterocycles. The Bertz CT molecular complexity index is 589. The number of esters is 1. The van der Waals surface area contributed by atoms with Crippen LogP contribution in [0.3, 0.4) is 0 Å². The molecule has 0 radical (unpaired) electrons. The molecule has 0 bridgehead atoms. The van der Waals surface area contributed by atoms with E-state index in [0.717, 1.165) is 17.1 Å². The van der Waals surface area contributed by atoms with Gasteiger partial charge in [0.25, 0.3) is 0 Å². The molecule has 0 aromatic carbocycles. The number of carboxylic acids is 1. The van der Waals surface area contributed by atoms with E-state index in [1.807, 2.05) is 0 Å². The zero-order valence-electron chi connectivity index (χ0n) is 10.5. The van der Waals surface area contributed by atoms with Crippen molar-refractivity contribution in [2.45, 2.75) is 13.5 Å². The summed E-state index contributed by atoms with van der Waals surface area (Å²) in [5, 5.41) is 12.7. The quantitative estimate of drug-likeness (QED) is 0.721. The number of nitrogens with zero attached hydrogens (tertiary/aromatic N) is 2. The average molecular weight is 290 g/mol. The van der Waals surface area contributed by atoms with E-state index in [4.69, 9.17) is 5.11 Å². The van der Waals surface area contributed by atoms with Crippen LogP contribution in [0.5, 0.6) is 0 Å². The number of hydrogen-bond donors (Lipinski definition) is 1. The Morgan fingerprint density at radius 3 is 2.58 bits per heavy atom. The van der Waals surface area contributed by atoms with Gasteiger partial charge in [-0.25, -0.2) is 18.0 Å². The van der Waals surface area contributed by atoms with Crippen molar-refractivity contribution in [1.82, 2.24) is 9.78 Å². The Kier molecular flexibility index (Phi) is 4.65. The van der Waals surface area contributed by atoms with Crippen molar-refractivity contribution in [3.8, 4) is 0 Å². The Morgan fingerprint density at radius 1 is 1.47 bits per heavy atom. The molecule has 0 fully saturated rings. The summed E-state index contributed by atoms with van der Waals surface area (Å²) in [6.45, 7) is 1.64. The summed E-state index contributed by atoms with van der Waals surface area (Å²) in [4.78, 5) is 22.5. The molecule has 0 aliphatic rings. The highest BCUT2D eigenvalue weighted by Crippen LogP contribution is 2.09. The number of carbonyl (C=O) groups is 2. The highest BCUT2D eigenvalue weighted by Gasteiger charge is 2.22. The van der Waals surface area contributed by atoms with Gasteiger partial charge in [0.05, 0.1) is 18.9 Å². The summed E-state index contributed by atoms with van der Waals surface area (Å²) in [7, 11) is -3.20. The van der Waals surface area contributed by atoms with Gasteiger partial charge in [0.2, 0.25) is 0 Å². The second-order valence-corrected chi connectivity index (χ2v) is 6.07. The molecule has 1 rings (SSSR count). The first kappa shape index (κ1) is 15.2. The summed E-state index contributed by atoms with van der Waals surface area (Å²) in [5.74, 6) is -2.37. The van der Waals surface area contributed by atoms with E-state index in [1.165, 1.54) is 0 Å². The van der Waals surface area contributed by atoms with E-state index in [9.17, 15) is 18.0 Å². The molecular formula is C10H14N2O6S. The minimum Gasteiger partial charge on any atom is -0.478 e. The van der Waals surface area contributed by atoms with Crippen LogP contribution in [0, 0.1) is 0 Å². The number of aromatic carboxylic acids is 1. The molecule has 1 aromatic rings. The number of aromatic nitrogens is 2. The van der Waals surface area contributed by atoms with Crippen LogP contribution in [0.2, 0.25) is 0 Å². The van der Waals surface area contributed by atoms with Crippen LogP contribution >= 0.6 is 0 Å². The van der Waals surface area contributed by atoms with Crippen LogP contribution in [-0.2, 0) is 21.1 Å². The topological polar surface area (TPSA) is 116 Å². The smallest absolute Gasteiger partial charge is 0.359 e. The Morgan fingerprint density at radius 2 is 2.11 bits per heavy atom. The lowest BCUT2D eigenvalue weighted by Gasteiger charge is -2.00. The van der Waals surface area contributed by atoms with Crippen LogP contribution in [0.1, 0.15) is 27.8 Å². The largest absolute Gasteiger partial charge is 0.478 e. The van der Waals surface area contributed by atoms with Crippen LogP contribution in [0.25, 0.3) is 0 Å². The predicted octanol–water partition coefficient (Wildman–Crippen LogP) is -0.197. The van der Waals surface area contributed by atoms with Crippen molar-refractivity contribution in [1.29, 1.82) is 0 Å². The number of rotatable bonds is 6. The lowest BCUT2D eigenvalue weighted by atomic mass is 10.2. The summed E-state index contributed by atoms with van der Waals surface area (Å²) in [6.07, 6.45) is 2.17. The van der Waals surface area contributed by atoms with Crippen LogP contribution < -0.4 is 0 Å². The van der Waals surface area contributed by atoms with Crippen LogP contribution in [-0.4, -0.2) is 53.9 Å². The third-order valence-corrected chi connectivity index (χ3v) is 3.08. The average Bonchev–Trinajstić information content (AvgIpc) is 2.70. The Hall–Kier alpha value is -1.90. The SMILES string of the molecule is CCOC(=O)c1nn(CCS(C)(=O)=O)cc1C(=O)O. The van der Waals surface area contributed by atoms with Gasteiger partial charge in [-0.1, -0.05) is 0 Å². The highest BCUT2D eigenvalue weighted by molar-refractivity contribution is 7.90. The monoisotopic (exact) mass is 290 g/mol. The summed E-state index contributed by atoms with van der Waals surface area (Å²) < 4.78 is 27.8. The van der Waals surface area contributed by atoms with E-state index in [-0.39, 0.29) is 30.2 Å². The van der Waals surface area contributed by atoms with E-state index in [2.05, 4.69) is 9.84 Å². The molecule has 19 heavy (non-hydrogen) atoms. The third-order valence-electron chi connectivity index (χ3n) is 2.15. The first-order chi connectivity index (χ1) is 8.74. The molecule has 0 saturated heterocycles. The van der Waals surface area contributed by atoms with E-state index >= 15 is 0 Å². The van der Waals surface area contributed by atoms with Gasteiger partial charge < -0.3 is 9.84 Å². The van der Waals surface area contributed by atoms with Gasteiger partial charge >= 0.3 is 11.9 Å². The molecule has 1 aromatic heterocycles. The molecule has 9 heteroatoms. The maximum absolute atomic E-state index is 11.5. The summed E-state index contributed by atoms with van der Waals surface area (Å²) >= 11 is 0.